The average molecular weight is 376 g/mol. The third-order valence-electron chi connectivity index (χ3n) is 5.44. The Morgan fingerprint density at radius 3 is 2.39 bits per heavy atom. The number of fused-ring (bicyclic) bond motifs is 1. The van der Waals surface area contributed by atoms with Gasteiger partial charge in [-0.1, -0.05) is 42.5 Å². The van der Waals surface area contributed by atoms with Crippen molar-refractivity contribution in [2.75, 3.05) is 14.2 Å². The standard InChI is InChI=1S/C23H24N2O3/c1-27-20-13-12-17(14-21(20)28-2)22-18-10-6-7-11-19(18)23(26)25(24-22)15-16-8-4-3-5-9-16/h3-9,12-14,18-19H,10-11,15H2,1-2H3. The molecule has 4 rings (SSSR count). The predicted molar refractivity (Wildman–Crippen MR) is 108 cm³/mol. The Kier molecular flexibility index (Phi) is 5.15. The molecule has 0 spiro atoms. The molecular formula is C23H24N2O3. The molecule has 0 N–H and O–H groups in total. The molecule has 0 radical (unpaired) electrons. The molecular weight excluding hydrogens is 352 g/mol. The quantitative estimate of drug-likeness (QED) is 0.740. The number of amides is 1. The zero-order chi connectivity index (χ0) is 19.5. The van der Waals surface area contributed by atoms with Crippen molar-refractivity contribution in [3.05, 3.63) is 71.8 Å². The molecule has 1 amide bonds. The first-order chi connectivity index (χ1) is 13.7. The Hall–Kier alpha value is -3.08. The first kappa shape index (κ1) is 18.3. The zero-order valence-electron chi connectivity index (χ0n) is 16.2. The van der Waals surface area contributed by atoms with E-state index in [2.05, 4.69) is 12.2 Å². The lowest BCUT2D eigenvalue weighted by Gasteiger charge is -2.37. The summed E-state index contributed by atoms with van der Waals surface area (Å²) in [7, 11) is 3.25. The molecule has 2 unspecified atom stereocenters. The lowest BCUT2D eigenvalue weighted by atomic mass is 9.76. The van der Waals surface area contributed by atoms with Crippen molar-refractivity contribution in [1.82, 2.24) is 5.01 Å². The fraction of sp³-hybridized carbons (Fsp3) is 0.304. The van der Waals surface area contributed by atoms with Crippen LogP contribution in [0.15, 0.2) is 65.8 Å². The van der Waals surface area contributed by atoms with Gasteiger partial charge in [-0.15, -0.1) is 0 Å². The van der Waals surface area contributed by atoms with Crippen LogP contribution in [0, 0.1) is 11.8 Å². The van der Waals surface area contributed by atoms with Crippen molar-refractivity contribution in [3.8, 4) is 11.5 Å². The van der Waals surface area contributed by atoms with Gasteiger partial charge in [0.15, 0.2) is 11.5 Å². The van der Waals surface area contributed by atoms with Gasteiger partial charge in [-0.25, -0.2) is 5.01 Å². The minimum absolute atomic E-state index is 0.0747. The Bertz CT molecular complexity index is 921. The minimum atomic E-state index is -0.0747. The number of carbonyl (C=O) groups excluding carboxylic acids is 1. The monoisotopic (exact) mass is 376 g/mol. The van der Waals surface area contributed by atoms with E-state index < -0.39 is 0 Å². The van der Waals surface area contributed by atoms with E-state index in [0.717, 1.165) is 29.7 Å². The maximum absolute atomic E-state index is 13.1. The van der Waals surface area contributed by atoms with Gasteiger partial charge >= 0.3 is 0 Å². The topological polar surface area (TPSA) is 51.1 Å². The van der Waals surface area contributed by atoms with Crippen LogP contribution in [0.4, 0.5) is 0 Å². The molecule has 0 aromatic heterocycles. The zero-order valence-corrected chi connectivity index (χ0v) is 16.2. The third-order valence-corrected chi connectivity index (χ3v) is 5.44. The molecule has 144 valence electrons. The van der Waals surface area contributed by atoms with Crippen molar-refractivity contribution < 1.29 is 14.3 Å². The van der Waals surface area contributed by atoms with Crippen molar-refractivity contribution >= 4 is 11.6 Å². The highest BCUT2D eigenvalue weighted by molar-refractivity contribution is 6.07. The highest BCUT2D eigenvalue weighted by Gasteiger charge is 2.40. The van der Waals surface area contributed by atoms with Gasteiger partial charge in [0.05, 0.1) is 32.4 Å². The second-order valence-corrected chi connectivity index (χ2v) is 7.09. The molecule has 0 fully saturated rings. The Balaban J connectivity index is 1.74. The number of carbonyl (C=O) groups is 1. The maximum atomic E-state index is 13.1. The fourth-order valence-electron chi connectivity index (χ4n) is 3.97. The predicted octanol–water partition coefficient (Wildman–Crippen LogP) is 4.03. The van der Waals surface area contributed by atoms with E-state index in [0.29, 0.717) is 18.0 Å². The number of hydrazone groups is 1. The summed E-state index contributed by atoms with van der Waals surface area (Å²) in [5.74, 6) is 1.46. The van der Waals surface area contributed by atoms with Gasteiger partial charge in [0.25, 0.3) is 0 Å². The SMILES string of the molecule is COc1ccc(C2=NN(Cc3ccccc3)C(=O)C3CC=CCC23)cc1OC. The number of ether oxygens (including phenoxy) is 2. The van der Waals surface area contributed by atoms with Gasteiger partial charge in [-0.2, -0.15) is 5.10 Å². The van der Waals surface area contributed by atoms with E-state index in [1.807, 2.05) is 48.5 Å². The van der Waals surface area contributed by atoms with E-state index >= 15 is 0 Å². The van der Waals surface area contributed by atoms with Gasteiger partial charge in [0.2, 0.25) is 5.91 Å². The van der Waals surface area contributed by atoms with Crippen LogP contribution in [0.25, 0.3) is 0 Å². The maximum Gasteiger partial charge on any atom is 0.247 e. The molecule has 28 heavy (non-hydrogen) atoms. The van der Waals surface area contributed by atoms with Crippen LogP contribution in [0.3, 0.4) is 0 Å². The van der Waals surface area contributed by atoms with Crippen LogP contribution in [0.5, 0.6) is 11.5 Å². The van der Waals surface area contributed by atoms with E-state index in [1.165, 1.54) is 0 Å². The van der Waals surface area contributed by atoms with Crippen LogP contribution in [-0.2, 0) is 11.3 Å². The average Bonchev–Trinajstić information content (AvgIpc) is 2.76. The molecule has 1 heterocycles. The lowest BCUT2D eigenvalue weighted by Crippen LogP contribution is -2.45. The summed E-state index contributed by atoms with van der Waals surface area (Å²) in [5, 5.41) is 6.44. The molecule has 5 heteroatoms. The molecule has 2 aromatic rings. The molecule has 2 aliphatic rings. The highest BCUT2D eigenvalue weighted by Crippen LogP contribution is 2.37. The Morgan fingerprint density at radius 2 is 1.68 bits per heavy atom. The number of benzene rings is 2. The number of allylic oxidation sites excluding steroid dienone is 2. The summed E-state index contributed by atoms with van der Waals surface area (Å²) in [4.78, 5) is 13.1. The normalized spacial score (nSPS) is 21.1. The van der Waals surface area contributed by atoms with Crippen molar-refractivity contribution in [2.45, 2.75) is 19.4 Å². The molecule has 0 saturated carbocycles. The van der Waals surface area contributed by atoms with E-state index in [1.54, 1.807) is 19.2 Å². The second-order valence-electron chi connectivity index (χ2n) is 7.09. The molecule has 0 bridgehead atoms. The summed E-state index contributed by atoms with van der Waals surface area (Å²) in [6, 6.07) is 15.8. The number of rotatable bonds is 5. The second kappa shape index (κ2) is 7.89. The summed E-state index contributed by atoms with van der Waals surface area (Å²) in [6.07, 6.45) is 5.83. The number of nitrogens with zero attached hydrogens (tertiary/aromatic N) is 2. The fourth-order valence-corrected chi connectivity index (χ4v) is 3.97. The van der Waals surface area contributed by atoms with Crippen LogP contribution in [0.2, 0.25) is 0 Å². The first-order valence-electron chi connectivity index (χ1n) is 9.52. The Morgan fingerprint density at radius 1 is 0.964 bits per heavy atom. The van der Waals surface area contributed by atoms with Gasteiger partial charge in [-0.05, 0) is 36.6 Å². The van der Waals surface area contributed by atoms with E-state index in [4.69, 9.17) is 14.6 Å². The van der Waals surface area contributed by atoms with Gasteiger partial charge in [0.1, 0.15) is 0 Å². The molecule has 2 aromatic carbocycles. The number of hydrogen-bond donors (Lipinski definition) is 0. The molecule has 1 aliphatic heterocycles. The number of hydrogen-bond acceptors (Lipinski definition) is 4. The molecule has 0 saturated heterocycles. The van der Waals surface area contributed by atoms with Crippen LogP contribution < -0.4 is 9.47 Å². The van der Waals surface area contributed by atoms with Crippen LogP contribution >= 0.6 is 0 Å². The number of methoxy groups -OCH3 is 2. The third kappa shape index (κ3) is 3.40. The minimum Gasteiger partial charge on any atom is -0.493 e. The van der Waals surface area contributed by atoms with Crippen molar-refractivity contribution in [1.29, 1.82) is 0 Å². The summed E-state index contributed by atoms with van der Waals surface area (Å²) in [6.45, 7) is 0.476. The van der Waals surface area contributed by atoms with E-state index in [-0.39, 0.29) is 17.7 Å². The van der Waals surface area contributed by atoms with Gasteiger partial charge in [0, 0.05) is 11.5 Å². The van der Waals surface area contributed by atoms with Crippen LogP contribution in [-0.4, -0.2) is 30.8 Å². The molecule has 5 nitrogen and oxygen atoms in total. The summed E-state index contributed by atoms with van der Waals surface area (Å²) in [5.41, 5.74) is 2.97. The largest absolute Gasteiger partial charge is 0.493 e. The first-order valence-corrected chi connectivity index (χ1v) is 9.52. The van der Waals surface area contributed by atoms with Crippen LogP contribution in [0.1, 0.15) is 24.0 Å². The summed E-state index contributed by atoms with van der Waals surface area (Å²) >= 11 is 0. The van der Waals surface area contributed by atoms with Crippen molar-refractivity contribution in [2.24, 2.45) is 16.9 Å². The summed E-state index contributed by atoms with van der Waals surface area (Å²) < 4.78 is 10.8. The van der Waals surface area contributed by atoms with Crippen molar-refractivity contribution in [3.63, 3.8) is 0 Å². The Labute approximate surface area is 165 Å². The molecule has 2 atom stereocenters. The van der Waals surface area contributed by atoms with Gasteiger partial charge < -0.3 is 9.47 Å². The molecule has 1 aliphatic carbocycles. The van der Waals surface area contributed by atoms with Gasteiger partial charge in [-0.3, -0.25) is 4.79 Å². The smallest absolute Gasteiger partial charge is 0.247 e. The lowest BCUT2D eigenvalue weighted by molar-refractivity contribution is -0.138. The van der Waals surface area contributed by atoms with E-state index in [9.17, 15) is 4.79 Å². The highest BCUT2D eigenvalue weighted by atomic mass is 16.5.